The second kappa shape index (κ2) is 8.62. The van der Waals surface area contributed by atoms with Crippen LogP contribution in [0.3, 0.4) is 0 Å². The van der Waals surface area contributed by atoms with E-state index in [9.17, 15) is 14.4 Å². The van der Waals surface area contributed by atoms with Crippen LogP contribution < -0.4 is 10.1 Å². The number of likely N-dealkylation sites (tertiary alicyclic amines) is 1. The van der Waals surface area contributed by atoms with E-state index in [1.165, 1.54) is 0 Å². The van der Waals surface area contributed by atoms with Gasteiger partial charge >= 0.3 is 0 Å². The minimum absolute atomic E-state index is 0.112. The first kappa shape index (κ1) is 22.0. The van der Waals surface area contributed by atoms with Crippen molar-refractivity contribution < 1.29 is 28.6 Å². The minimum Gasteiger partial charge on any atom is -0.489 e. The Hall–Kier alpha value is -2.49. The molecule has 6 rings (SSSR count). The van der Waals surface area contributed by atoms with E-state index in [-0.39, 0.29) is 36.0 Å². The summed E-state index contributed by atoms with van der Waals surface area (Å²) in [6, 6.07) is 5.39. The zero-order chi connectivity index (χ0) is 23.3. The van der Waals surface area contributed by atoms with Crippen molar-refractivity contribution in [1.29, 1.82) is 0 Å². The van der Waals surface area contributed by atoms with Crippen LogP contribution in [-0.2, 0) is 25.6 Å². The molecular weight excluding hydrogens is 438 g/mol. The Morgan fingerprint density at radius 2 is 1.82 bits per heavy atom. The van der Waals surface area contributed by atoms with Gasteiger partial charge in [0, 0.05) is 50.5 Å². The van der Waals surface area contributed by atoms with Gasteiger partial charge < -0.3 is 19.1 Å². The summed E-state index contributed by atoms with van der Waals surface area (Å²) in [5.74, 6) is -0.427. The summed E-state index contributed by atoms with van der Waals surface area (Å²) in [6.07, 6.45) is 5.79. The van der Waals surface area contributed by atoms with E-state index >= 15 is 0 Å². The molecule has 0 bridgehead atoms. The van der Waals surface area contributed by atoms with Crippen LogP contribution in [0.2, 0.25) is 0 Å². The first-order valence-corrected chi connectivity index (χ1v) is 12.5. The Bertz CT molecular complexity index is 996. The predicted octanol–water partition coefficient (Wildman–Crippen LogP) is 1.59. The van der Waals surface area contributed by atoms with E-state index in [0.717, 1.165) is 56.5 Å². The standard InChI is InChI=1S/C25H31N3O6/c29-22-7-6-20(23(30)26-22)28-15-16-14-17(4-5-18(16)24(28)31)34-21-3-1-2-19(21)27-10-8-25(9-11-27)32-12-13-33-25/h4-5,14,19-21H,1-3,6-13,15H2,(H,26,29,30)/t19-,20?,21+/m0/s1. The molecule has 5 aliphatic rings. The SMILES string of the molecule is O=C1CCC(N2Cc3cc(O[C@@H]4CCC[C@@H]4N4CCC5(CC4)OCCO5)ccc3C2=O)C(=O)N1. The molecule has 0 aromatic heterocycles. The molecule has 4 aliphatic heterocycles. The van der Waals surface area contributed by atoms with Crippen LogP contribution in [0.15, 0.2) is 18.2 Å². The van der Waals surface area contributed by atoms with Gasteiger partial charge in [0.05, 0.1) is 13.2 Å². The van der Waals surface area contributed by atoms with Crippen LogP contribution >= 0.6 is 0 Å². The Kier molecular flexibility index (Phi) is 5.58. The fourth-order valence-corrected chi connectivity index (χ4v) is 6.24. The highest BCUT2D eigenvalue weighted by molar-refractivity contribution is 6.05. The maximum Gasteiger partial charge on any atom is 0.255 e. The lowest BCUT2D eigenvalue weighted by Gasteiger charge is -2.41. The van der Waals surface area contributed by atoms with Gasteiger partial charge in [-0.25, -0.2) is 0 Å². The highest BCUT2D eigenvalue weighted by atomic mass is 16.7. The van der Waals surface area contributed by atoms with Crippen LogP contribution in [0.4, 0.5) is 0 Å². The highest BCUT2D eigenvalue weighted by Gasteiger charge is 2.44. The third kappa shape index (κ3) is 3.89. The van der Waals surface area contributed by atoms with Crippen molar-refractivity contribution in [3.05, 3.63) is 29.3 Å². The van der Waals surface area contributed by atoms with Gasteiger partial charge in [0.25, 0.3) is 5.91 Å². The molecule has 9 nitrogen and oxygen atoms in total. The maximum absolute atomic E-state index is 12.9. The highest BCUT2D eigenvalue weighted by Crippen LogP contribution is 2.37. The number of ether oxygens (including phenoxy) is 3. The molecule has 1 aliphatic carbocycles. The van der Waals surface area contributed by atoms with Crippen LogP contribution in [0.5, 0.6) is 5.75 Å². The normalized spacial score (nSPS) is 31.2. The molecule has 182 valence electrons. The summed E-state index contributed by atoms with van der Waals surface area (Å²) in [5.41, 5.74) is 1.48. The number of nitrogens with zero attached hydrogens (tertiary/aromatic N) is 2. The number of hydrogen-bond acceptors (Lipinski definition) is 7. The Morgan fingerprint density at radius 1 is 1.03 bits per heavy atom. The topological polar surface area (TPSA) is 97.4 Å². The number of piperidine rings is 2. The number of nitrogens with one attached hydrogen (secondary N) is 1. The number of hydrogen-bond donors (Lipinski definition) is 1. The van der Waals surface area contributed by atoms with Gasteiger partial charge in [0.15, 0.2) is 5.79 Å². The van der Waals surface area contributed by atoms with E-state index in [1.807, 2.05) is 18.2 Å². The summed E-state index contributed by atoms with van der Waals surface area (Å²) >= 11 is 0. The van der Waals surface area contributed by atoms with Crippen molar-refractivity contribution in [2.24, 2.45) is 0 Å². The van der Waals surface area contributed by atoms with Crippen LogP contribution in [0, 0.1) is 0 Å². The van der Waals surface area contributed by atoms with E-state index in [0.29, 0.717) is 37.8 Å². The minimum atomic E-state index is -0.601. The largest absolute Gasteiger partial charge is 0.489 e. The van der Waals surface area contributed by atoms with E-state index < -0.39 is 6.04 Å². The molecule has 1 aromatic carbocycles. The number of benzene rings is 1. The van der Waals surface area contributed by atoms with Gasteiger partial charge in [-0.1, -0.05) is 0 Å². The maximum atomic E-state index is 12.9. The average Bonchev–Trinajstić information content (AvgIpc) is 3.55. The molecule has 9 heteroatoms. The van der Waals surface area contributed by atoms with Crippen molar-refractivity contribution in [2.45, 2.75) is 75.5 Å². The van der Waals surface area contributed by atoms with Gasteiger partial charge in [0.2, 0.25) is 11.8 Å². The summed E-state index contributed by atoms with van der Waals surface area (Å²) in [6.45, 7) is 3.64. The molecule has 0 radical (unpaired) electrons. The lowest BCUT2D eigenvalue weighted by Crippen LogP contribution is -2.52. The van der Waals surface area contributed by atoms with E-state index in [1.54, 1.807) is 4.90 Å². The van der Waals surface area contributed by atoms with Crippen LogP contribution in [0.25, 0.3) is 0 Å². The Labute approximate surface area is 198 Å². The molecule has 4 heterocycles. The molecule has 1 aromatic rings. The number of fused-ring (bicyclic) bond motifs is 1. The van der Waals surface area contributed by atoms with Crippen molar-refractivity contribution in [2.75, 3.05) is 26.3 Å². The predicted molar refractivity (Wildman–Crippen MR) is 120 cm³/mol. The Morgan fingerprint density at radius 3 is 2.59 bits per heavy atom. The molecule has 3 saturated heterocycles. The van der Waals surface area contributed by atoms with Gasteiger partial charge in [-0.15, -0.1) is 0 Å². The third-order valence-electron chi connectivity index (χ3n) is 8.04. The van der Waals surface area contributed by atoms with E-state index in [4.69, 9.17) is 14.2 Å². The smallest absolute Gasteiger partial charge is 0.255 e. The molecule has 1 saturated carbocycles. The molecule has 34 heavy (non-hydrogen) atoms. The number of carbonyl (C=O) groups is 3. The molecule has 1 unspecified atom stereocenters. The van der Waals surface area contributed by atoms with Gasteiger partial charge in [0.1, 0.15) is 17.9 Å². The Balaban J connectivity index is 1.11. The average molecular weight is 470 g/mol. The zero-order valence-corrected chi connectivity index (χ0v) is 19.3. The second-order valence-corrected chi connectivity index (χ2v) is 10.0. The number of amides is 3. The van der Waals surface area contributed by atoms with E-state index in [2.05, 4.69) is 10.2 Å². The van der Waals surface area contributed by atoms with Crippen molar-refractivity contribution in [1.82, 2.24) is 15.1 Å². The van der Waals surface area contributed by atoms with Crippen molar-refractivity contribution >= 4 is 17.7 Å². The number of imide groups is 1. The zero-order valence-electron chi connectivity index (χ0n) is 19.3. The van der Waals surface area contributed by atoms with Gasteiger partial charge in [-0.2, -0.15) is 0 Å². The van der Waals surface area contributed by atoms with Gasteiger partial charge in [-0.3, -0.25) is 24.6 Å². The lowest BCUT2D eigenvalue weighted by molar-refractivity contribution is -0.189. The fraction of sp³-hybridized carbons (Fsp3) is 0.640. The summed E-state index contributed by atoms with van der Waals surface area (Å²) < 4.78 is 18.2. The lowest BCUT2D eigenvalue weighted by atomic mass is 10.0. The van der Waals surface area contributed by atoms with Crippen molar-refractivity contribution in [3.8, 4) is 5.75 Å². The van der Waals surface area contributed by atoms with Crippen molar-refractivity contribution in [3.63, 3.8) is 0 Å². The van der Waals surface area contributed by atoms with Crippen LogP contribution in [-0.4, -0.2) is 77.8 Å². The molecule has 3 amide bonds. The quantitative estimate of drug-likeness (QED) is 0.669. The molecule has 3 atom stereocenters. The first-order valence-electron chi connectivity index (χ1n) is 12.5. The number of rotatable bonds is 4. The van der Waals surface area contributed by atoms with Crippen LogP contribution in [0.1, 0.15) is 60.9 Å². The fourth-order valence-electron chi connectivity index (χ4n) is 6.24. The summed E-state index contributed by atoms with van der Waals surface area (Å²) in [7, 11) is 0. The van der Waals surface area contributed by atoms with Gasteiger partial charge in [-0.05, 0) is 49.4 Å². The molecule has 1 spiro atoms. The third-order valence-corrected chi connectivity index (χ3v) is 8.04. The molecule has 1 N–H and O–H groups in total. The monoisotopic (exact) mass is 469 g/mol. The second-order valence-electron chi connectivity index (χ2n) is 10.0. The molecular formula is C25H31N3O6. The first-order chi connectivity index (χ1) is 16.5. The number of carbonyl (C=O) groups excluding carboxylic acids is 3. The summed E-state index contributed by atoms with van der Waals surface area (Å²) in [5, 5.41) is 2.35. The molecule has 4 fully saturated rings. The summed E-state index contributed by atoms with van der Waals surface area (Å²) in [4.78, 5) is 40.8.